The summed E-state index contributed by atoms with van der Waals surface area (Å²) >= 11 is 7.21. The van der Waals surface area contributed by atoms with Gasteiger partial charge in [-0.1, -0.05) is 370 Å². The lowest BCUT2D eigenvalue weighted by Crippen LogP contribution is -2.00. The molecule has 138 heavy (non-hydrogen) atoms. The van der Waals surface area contributed by atoms with Crippen LogP contribution < -0.4 is 0 Å². The van der Waals surface area contributed by atoms with Gasteiger partial charge in [-0.15, -0.1) is 45.3 Å². The van der Waals surface area contributed by atoms with E-state index in [0.29, 0.717) is 52.4 Å². The molecule has 18 aromatic carbocycles. The lowest BCUT2D eigenvalue weighted by atomic mass is 10.0. The quantitative estimate of drug-likeness (QED) is 0.0968. The van der Waals surface area contributed by atoms with Crippen LogP contribution in [0.2, 0.25) is 0 Å². The molecular formula is C123H75N9O2S4. The van der Waals surface area contributed by atoms with Gasteiger partial charge in [-0.3, -0.25) is 0 Å². The Balaban J connectivity index is 0.000000110. The second-order valence-electron chi connectivity index (χ2n) is 33.8. The zero-order valence-corrected chi connectivity index (χ0v) is 77.0. The van der Waals surface area contributed by atoms with Crippen molar-refractivity contribution in [2.45, 2.75) is 0 Å². The molecule has 0 aliphatic rings. The second-order valence-corrected chi connectivity index (χ2v) is 38.1. The summed E-state index contributed by atoms with van der Waals surface area (Å²) in [7, 11) is 0. The number of aromatic nitrogens is 9. The first kappa shape index (κ1) is 82.6. The summed E-state index contributed by atoms with van der Waals surface area (Å²) in [5, 5.41) is 10.5. The smallest absolute Gasteiger partial charge is 0.167 e. The van der Waals surface area contributed by atoms with Gasteiger partial charge in [-0.2, -0.15) is 0 Å². The maximum Gasteiger partial charge on any atom is 0.167 e. The number of furan rings is 2. The summed E-state index contributed by atoms with van der Waals surface area (Å²) in [6.07, 6.45) is 0. The molecule has 0 bridgehead atoms. The van der Waals surface area contributed by atoms with E-state index >= 15 is 0 Å². The molecule has 0 saturated carbocycles. The third kappa shape index (κ3) is 16.3. The molecule has 648 valence electrons. The van der Waals surface area contributed by atoms with Crippen molar-refractivity contribution in [1.29, 1.82) is 0 Å². The van der Waals surface area contributed by atoms with Gasteiger partial charge >= 0.3 is 0 Å². The minimum absolute atomic E-state index is 0.574. The van der Waals surface area contributed by atoms with Crippen molar-refractivity contribution < 1.29 is 8.83 Å². The molecule has 15 heteroatoms. The lowest BCUT2D eigenvalue weighted by molar-refractivity contribution is 0.669. The minimum atomic E-state index is 0.574. The van der Waals surface area contributed by atoms with Gasteiger partial charge < -0.3 is 8.83 Å². The average molecular weight is 1840 g/mol. The second kappa shape index (κ2) is 35.9. The Morgan fingerprint density at radius 3 is 0.833 bits per heavy atom. The highest BCUT2D eigenvalue weighted by molar-refractivity contribution is 7.26. The van der Waals surface area contributed by atoms with Crippen LogP contribution in [-0.4, -0.2) is 44.9 Å². The molecular weight excluding hydrogens is 1760 g/mol. The number of benzene rings is 18. The Morgan fingerprint density at radius 2 is 0.428 bits per heavy atom. The zero-order chi connectivity index (χ0) is 91.4. The average Bonchev–Trinajstić information content (AvgIpc) is 1.59. The lowest BCUT2D eigenvalue weighted by Gasteiger charge is -2.10. The molecule has 0 spiro atoms. The van der Waals surface area contributed by atoms with Gasteiger partial charge in [0.2, 0.25) is 0 Å². The standard InChI is InChI=1S/2C41H25N3OS.C41H25N3S2/c1-2-9-26(10-3-1)27-17-21-29(22-18-27)39-42-40(30-23-19-28(20-24-30)37-25-31-11-4-7-16-36(31)46-37)44-41(43-39)34-14-8-13-33-32-12-5-6-15-35(32)45-38(33)34;1-2-8-26(9-3-1)27-14-18-29(19-15-27)39-42-40(30-20-16-28(17-21-30)38-25-31-10-4-7-13-37(31)46-38)44-41(43-39)32-22-23-36-34(24-32)33-11-5-6-12-35(33)45-36;1-2-9-26(10-3-1)27-17-21-29(22-18-27)39-42-40(30-23-19-28(20-24-30)37-25-31-11-4-6-15-35(31)45-37)44-41(43-39)34-14-8-13-33-32-12-5-7-16-36(32)46-38(33)34/h3*1-25H. The van der Waals surface area contributed by atoms with Gasteiger partial charge in [0, 0.05) is 115 Å². The van der Waals surface area contributed by atoms with Crippen molar-refractivity contribution in [3.8, 4) is 167 Å². The van der Waals surface area contributed by atoms with Gasteiger partial charge in [0.25, 0.3) is 0 Å². The highest BCUT2D eigenvalue weighted by Gasteiger charge is 2.23. The van der Waals surface area contributed by atoms with Crippen LogP contribution in [0, 0.1) is 0 Å². The van der Waals surface area contributed by atoms with E-state index in [-0.39, 0.29) is 0 Å². The van der Waals surface area contributed by atoms with E-state index in [1.807, 2.05) is 90.2 Å². The summed E-state index contributed by atoms with van der Waals surface area (Å²) in [6.45, 7) is 0. The molecule has 0 radical (unpaired) electrons. The minimum Gasteiger partial charge on any atom is -0.456 e. The molecule has 0 N–H and O–H groups in total. The molecule has 0 saturated heterocycles. The maximum atomic E-state index is 6.38. The van der Waals surface area contributed by atoms with Crippen molar-refractivity contribution in [3.05, 3.63) is 455 Å². The Kier molecular flexibility index (Phi) is 21.5. The van der Waals surface area contributed by atoms with Crippen LogP contribution in [0.15, 0.2) is 464 Å². The topological polar surface area (TPSA) is 142 Å². The third-order valence-electron chi connectivity index (χ3n) is 25.1. The number of fused-ring (bicyclic) bond motifs is 12. The summed E-state index contributed by atoms with van der Waals surface area (Å²) in [6, 6.07) is 158. The van der Waals surface area contributed by atoms with Gasteiger partial charge in [0.1, 0.15) is 22.3 Å². The van der Waals surface area contributed by atoms with Gasteiger partial charge in [0.15, 0.2) is 52.4 Å². The first-order valence-electron chi connectivity index (χ1n) is 45.6. The summed E-state index contributed by atoms with van der Waals surface area (Å²) in [4.78, 5) is 49.1. The summed E-state index contributed by atoms with van der Waals surface area (Å²) < 4.78 is 18.8. The van der Waals surface area contributed by atoms with E-state index in [9.17, 15) is 0 Å². The van der Waals surface area contributed by atoms with E-state index in [1.54, 1.807) is 34.0 Å². The fourth-order valence-corrected chi connectivity index (χ4v) is 22.5. The van der Waals surface area contributed by atoms with Crippen LogP contribution in [0.3, 0.4) is 0 Å². The largest absolute Gasteiger partial charge is 0.456 e. The third-order valence-corrected chi connectivity index (χ3v) is 29.9. The highest BCUT2D eigenvalue weighted by Crippen LogP contribution is 2.45. The van der Waals surface area contributed by atoms with Crippen molar-refractivity contribution >= 4 is 140 Å². The SMILES string of the molecule is c1ccc(-c2ccc(-c3nc(-c4ccc(-c5cc6ccccc6s5)cc4)nc(-c4ccc5oc6ccccc6c5c4)n3)cc2)cc1.c1ccc(-c2ccc(-c3nc(-c4ccc(-c5cc6ccccc6s5)cc4)nc(-c4cccc5c4oc4ccccc45)n3)cc2)cc1.c1ccc(-c2ccc(-c3nc(-c4ccc(-c5cc6ccccc6s5)cc4)nc(-c4cccc5c4sc4ccccc45)n3)cc2)cc1. The van der Waals surface area contributed by atoms with E-state index in [4.69, 9.17) is 53.7 Å². The van der Waals surface area contributed by atoms with Gasteiger partial charge in [0.05, 0.1) is 5.56 Å². The van der Waals surface area contributed by atoms with Crippen LogP contribution in [0.5, 0.6) is 0 Å². The Labute approximate surface area is 809 Å². The molecule has 0 atom stereocenters. The van der Waals surface area contributed by atoms with Crippen LogP contribution in [0.4, 0.5) is 0 Å². The number of rotatable bonds is 15. The number of nitrogens with zero attached hydrogens (tertiary/aromatic N) is 9. The van der Waals surface area contributed by atoms with Gasteiger partial charge in [-0.05, 0) is 151 Å². The Hall–Kier alpha value is -17.3. The maximum absolute atomic E-state index is 6.38. The molecule has 11 nitrogen and oxygen atoms in total. The molecule has 0 amide bonds. The molecule has 0 aliphatic heterocycles. The molecule has 27 rings (SSSR count). The van der Waals surface area contributed by atoms with E-state index in [1.165, 1.54) is 98.4 Å². The predicted octanol–water partition coefficient (Wildman–Crippen LogP) is 34.4. The van der Waals surface area contributed by atoms with E-state index in [2.05, 4.69) is 376 Å². The molecule has 9 aromatic heterocycles. The van der Waals surface area contributed by atoms with Crippen LogP contribution in [0.25, 0.3) is 262 Å². The zero-order valence-electron chi connectivity index (χ0n) is 73.8. The normalized spacial score (nSPS) is 11.5. The molecule has 27 aromatic rings. The first-order valence-corrected chi connectivity index (χ1v) is 48.8. The Morgan fingerprint density at radius 1 is 0.152 bits per heavy atom. The van der Waals surface area contributed by atoms with E-state index in [0.717, 1.165) is 111 Å². The molecule has 0 aliphatic carbocycles. The fourth-order valence-electron chi connectivity index (χ4n) is 18.0. The Bertz CT molecular complexity index is 8770. The summed E-state index contributed by atoms with van der Waals surface area (Å²) in [5.41, 5.74) is 22.2. The molecule has 0 fully saturated rings. The van der Waals surface area contributed by atoms with Crippen molar-refractivity contribution in [2.24, 2.45) is 0 Å². The van der Waals surface area contributed by atoms with Crippen LogP contribution in [-0.2, 0) is 0 Å². The summed E-state index contributed by atoms with van der Waals surface area (Å²) in [5.74, 6) is 5.68. The number of para-hydroxylation sites is 3. The monoisotopic (exact) mass is 1840 g/mol. The van der Waals surface area contributed by atoms with Crippen LogP contribution in [0.1, 0.15) is 0 Å². The van der Waals surface area contributed by atoms with Crippen molar-refractivity contribution in [2.75, 3.05) is 0 Å². The number of hydrogen-bond donors (Lipinski definition) is 0. The predicted molar refractivity (Wildman–Crippen MR) is 575 cm³/mol. The van der Waals surface area contributed by atoms with Crippen LogP contribution >= 0.6 is 45.3 Å². The van der Waals surface area contributed by atoms with Gasteiger partial charge in [-0.25, -0.2) is 44.9 Å². The molecule has 0 unspecified atom stereocenters. The fraction of sp³-hybridized carbons (Fsp3) is 0. The number of thiophene rings is 4. The number of hydrogen-bond acceptors (Lipinski definition) is 15. The molecule has 9 heterocycles. The highest BCUT2D eigenvalue weighted by atomic mass is 32.1. The van der Waals surface area contributed by atoms with E-state index < -0.39 is 0 Å². The van der Waals surface area contributed by atoms with Crippen molar-refractivity contribution in [1.82, 2.24) is 44.9 Å². The van der Waals surface area contributed by atoms with Crippen molar-refractivity contribution in [3.63, 3.8) is 0 Å². The first-order chi connectivity index (χ1) is 68.3.